The number of halogens is 11. The molecule has 13 heteroatoms. The molecule has 0 spiro atoms. The highest BCUT2D eigenvalue weighted by molar-refractivity contribution is 4.81. The summed E-state index contributed by atoms with van der Waals surface area (Å²) in [6.45, 7) is -6.46. The molecular formula is C8H7F11O2. The molecule has 1 unspecified atom stereocenters. The molecule has 0 fully saturated rings. The maximum atomic E-state index is 13.2. The lowest BCUT2D eigenvalue weighted by molar-refractivity contribution is -0.441. The first kappa shape index (κ1) is 20.1. The maximum absolute atomic E-state index is 13.2. The molecule has 0 amide bonds. The van der Waals surface area contributed by atoms with Gasteiger partial charge in [-0.05, 0) is 0 Å². The lowest BCUT2D eigenvalue weighted by atomic mass is 10.3. The minimum atomic E-state index is -6.38. The number of ether oxygens (including phenoxy) is 2. The van der Waals surface area contributed by atoms with E-state index in [1.807, 2.05) is 0 Å². The van der Waals surface area contributed by atoms with E-state index in [4.69, 9.17) is 0 Å². The highest BCUT2D eigenvalue weighted by atomic mass is 19.4. The molecule has 0 aliphatic rings. The first-order valence-corrected chi connectivity index (χ1v) is 4.77. The van der Waals surface area contributed by atoms with Crippen LogP contribution in [0.1, 0.15) is 6.92 Å². The summed E-state index contributed by atoms with van der Waals surface area (Å²) in [5.74, 6) is -10.7. The smallest absolute Gasteiger partial charge is 0.309 e. The lowest BCUT2D eigenvalue weighted by Crippen LogP contribution is -2.54. The Morgan fingerprint density at radius 1 is 0.810 bits per heavy atom. The summed E-state index contributed by atoms with van der Waals surface area (Å²) >= 11 is 0. The Labute approximate surface area is 109 Å². The Morgan fingerprint density at radius 3 is 1.52 bits per heavy atom. The van der Waals surface area contributed by atoms with Crippen molar-refractivity contribution in [3.8, 4) is 0 Å². The SMILES string of the molecule is CC(F)(F)C(F)(F)OCC(F)(OC(F)(F)CF)C(F)(F)F. The van der Waals surface area contributed by atoms with Gasteiger partial charge in [-0.15, -0.1) is 0 Å². The minimum absolute atomic E-state index is 0.475. The topological polar surface area (TPSA) is 18.5 Å². The molecule has 1 atom stereocenters. The second kappa shape index (κ2) is 5.74. The molecule has 0 heterocycles. The third-order valence-electron chi connectivity index (χ3n) is 1.84. The lowest BCUT2D eigenvalue weighted by Gasteiger charge is -2.32. The van der Waals surface area contributed by atoms with Gasteiger partial charge < -0.3 is 4.74 Å². The molecule has 0 aliphatic heterocycles. The van der Waals surface area contributed by atoms with Crippen molar-refractivity contribution < 1.29 is 57.8 Å². The Hall–Kier alpha value is -0.850. The summed E-state index contributed by atoms with van der Waals surface area (Å²) in [5, 5.41) is 0. The number of alkyl halides is 11. The van der Waals surface area contributed by atoms with Gasteiger partial charge in [0.1, 0.15) is 6.61 Å². The van der Waals surface area contributed by atoms with Gasteiger partial charge in [-0.2, -0.15) is 43.9 Å². The molecule has 0 bridgehead atoms. The zero-order chi connectivity index (χ0) is 17.3. The Kier molecular flexibility index (Phi) is 5.51. The van der Waals surface area contributed by atoms with Crippen molar-refractivity contribution in [1.29, 1.82) is 0 Å². The van der Waals surface area contributed by atoms with E-state index >= 15 is 0 Å². The summed E-state index contributed by atoms with van der Waals surface area (Å²) in [6.07, 6.45) is -17.3. The summed E-state index contributed by atoms with van der Waals surface area (Å²) < 4.78 is 141. The number of rotatable bonds is 7. The molecule has 0 aromatic heterocycles. The zero-order valence-corrected chi connectivity index (χ0v) is 9.89. The van der Waals surface area contributed by atoms with Gasteiger partial charge in [-0.25, -0.2) is 4.39 Å². The van der Waals surface area contributed by atoms with Crippen LogP contribution in [0.15, 0.2) is 0 Å². The molecule has 0 N–H and O–H groups in total. The monoisotopic (exact) mass is 344 g/mol. The van der Waals surface area contributed by atoms with Gasteiger partial charge in [-0.1, -0.05) is 0 Å². The number of hydrogen-bond donors (Lipinski definition) is 0. The maximum Gasteiger partial charge on any atom is 0.451 e. The van der Waals surface area contributed by atoms with Crippen molar-refractivity contribution in [2.24, 2.45) is 0 Å². The van der Waals surface area contributed by atoms with Gasteiger partial charge in [-0.3, -0.25) is 4.74 Å². The van der Waals surface area contributed by atoms with Crippen LogP contribution in [-0.2, 0) is 9.47 Å². The third kappa shape index (κ3) is 5.13. The van der Waals surface area contributed by atoms with Gasteiger partial charge in [0.05, 0.1) is 0 Å². The predicted octanol–water partition coefficient (Wildman–Crippen LogP) is 4.06. The van der Waals surface area contributed by atoms with Crippen LogP contribution in [0.3, 0.4) is 0 Å². The molecule has 0 saturated heterocycles. The Balaban J connectivity index is 5.22. The van der Waals surface area contributed by atoms with Gasteiger partial charge in [0.2, 0.25) is 0 Å². The zero-order valence-electron chi connectivity index (χ0n) is 9.89. The van der Waals surface area contributed by atoms with Gasteiger partial charge in [0.25, 0.3) is 0 Å². The fraction of sp³-hybridized carbons (Fsp3) is 1.00. The highest BCUT2D eigenvalue weighted by Crippen LogP contribution is 2.42. The largest absolute Gasteiger partial charge is 0.451 e. The van der Waals surface area contributed by atoms with Crippen LogP contribution in [0, 0.1) is 0 Å². The van der Waals surface area contributed by atoms with E-state index in [9.17, 15) is 48.3 Å². The third-order valence-corrected chi connectivity index (χ3v) is 1.84. The summed E-state index contributed by atoms with van der Waals surface area (Å²) in [7, 11) is 0. The molecule has 0 saturated carbocycles. The van der Waals surface area contributed by atoms with E-state index in [0.717, 1.165) is 0 Å². The van der Waals surface area contributed by atoms with Crippen LogP contribution >= 0.6 is 0 Å². The van der Waals surface area contributed by atoms with Crippen molar-refractivity contribution in [3.63, 3.8) is 0 Å². The van der Waals surface area contributed by atoms with Crippen LogP contribution in [0.2, 0.25) is 0 Å². The number of hydrogen-bond acceptors (Lipinski definition) is 2. The van der Waals surface area contributed by atoms with Crippen LogP contribution in [0.4, 0.5) is 48.3 Å². The molecule has 2 nitrogen and oxygen atoms in total. The van der Waals surface area contributed by atoms with Crippen molar-refractivity contribution in [2.45, 2.75) is 37.1 Å². The summed E-state index contributed by atoms with van der Waals surface area (Å²) in [5.41, 5.74) is 0. The van der Waals surface area contributed by atoms with E-state index in [-0.39, 0.29) is 0 Å². The van der Waals surface area contributed by atoms with E-state index in [0.29, 0.717) is 0 Å². The molecule has 0 aromatic rings. The van der Waals surface area contributed by atoms with Crippen molar-refractivity contribution in [3.05, 3.63) is 0 Å². The quantitative estimate of drug-likeness (QED) is 0.649. The van der Waals surface area contributed by atoms with E-state index < -0.39 is 50.4 Å². The van der Waals surface area contributed by atoms with E-state index in [2.05, 4.69) is 9.47 Å². The standard InChI is InChI=1S/C8H7F11O2/c1-4(10,11)8(18,19)20-3-5(12,7(15,16)17)21-6(13,14)2-9/h2-3H2,1H3. The van der Waals surface area contributed by atoms with E-state index in [1.165, 1.54) is 0 Å². The van der Waals surface area contributed by atoms with Gasteiger partial charge in [0.15, 0.2) is 6.67 Å². The van der Waals surface area contributed by atoms with Crippen molar-refractivity contribution >= 4 is 0 Å². The molecule has 0 radical (unpaired) electrons. The Bertz CT molecular complexity index is 347. The first-order chi connectivity index (χ1) is 8.97. The van der Waals surface area contributed by atoms with Crippen LogP contribution in [0.25, 0.3) is 0 Å². The minimum Gasteiger partial charge on any atom is -0.309 e. The highest BCUT2D eigenvalue weighted by Gasteiger charge is 2.65. The average Bonchev–Trinajstić information content (AvgIpc) is 2.23. The molecule has 0 rings (SSSR count). The molecule has 21 heavy (non-hydrogen) atoms. The van der Waals surface area contributed by atoms with Crippen molar-refractivity contribution in [2.75, 3.05) is 13.3 Å². The van der Waals surface area contributed by atoms with Crippen LogP contribution in [0.5, 0.6) is 0 Å². The fourth-order valence-electron chi connectivity index (χ4n) is 0.743. The van der Waals surface area contributed by atoms with E-state index in [1.54, 1.807) is 0 Å². The molecular weight excluding hydrogens is 337 g/mol. The summed E-state index contributed by atoms with van der Waals surface area (Å²) in [6, 6.07) is 0. The van der Waals surface area contributed by atoms with Crippen LogP contribution in [-0.4, -0.2) is 43.5 Å². The van der Waals surface area contributed by atoms with Gasteiger partial charge >= 0.3 is 30.2 Å². The predicted molar refractivity (Wildman–Crippen MR) is 43.4 cm³/mol. The second-order valence-corrected chi connectivity index (χ2v) is 3.79. The first-order valence-electron chi connectivity index (χ1n) is 4.77. The van der Waals surface area contributed by atoms with Crippen molar-refractivity contribution in [1.82, 2.24) is 0 Å². The second-order valence-electron chi connectivity index (χ2n) is 3.79. The Morgan fingerprint density at radius 2 is 1.24 bits per heavy atom. The molecule has 0 aromatic carbocycles. The average molecular weight is 344 g/mol. The molecule has 0 aliphatic carbocycles. The summed E-state index contributed by atoms with van der Waals surface area (Å²) in [4.78, 5) is 0. The van der Waals surface area contributed by atoms with Gasteiger partial charge in [0, 0.05) is 6.92 Å². The fourth-order valence-corrected chi connectivity index (χ4v) is 0.743. The normalized spacial score (nSPS) is 17.7. The molecule has 128 valence electrons. The van der Waals surface area contributed by atoms with Crippen LogP contribution < -0.4 is 0 Å².